The minimum absolute atomic E-state index is 0.00756. The minimum atomic E-state index is -3.54. The fraction of sp³-hybridized carbons (Fsp3) is 0.102. The van der Waals surface area contributed by atoms with Gasteiger partial charge in [-0.15, -0.1) is 0 Å². The summed E-state index contributed by atoms with van der Waals surface area (Å²) in [6, 6.07) is 72.4. The molecule has 0 amide bonds. The lowest BCUT2D eigenvalue weighted by Gasteiger charge is -2.20. The third kappa shape index (κ3) is 22.1. The Morgan fingerprint density at radius 3 is 0.771 bits per heavy atom. The van der Waals surface area contributed by atoms with Gasteiger partial charge in [0.15, 0.2) is 69.9 Å². The number of benzene rings is 12. The summed E-state index contributed by atoms with van der Waals surface area (Å²) in [6.45, 7) is 8.07. The quantitative estimate of drug-likeness (QED) is 0.0217. The SMILES string of the molecule is COC(=O)c1ccc(-c2nc(-c3ccccc3O)nc(-c3ccc(C(C)(C)C)cc3O)n2)cc1.COC(=O)c1ccc(-c2nc(-c3ccccc3O)nc(-c3ccc(C)cc3O)n2)cc1.COC(=O)c1ccc(-c2nc(-c3ccccc3O)nc(-c3ccc(N)cc3O)n2)cc1.COC(=O)c1ccc(-c2nc(-c3ccccc3O)nc(-c3ccc(NS(C)(=O)=O)cc3O)n2)cc1. The molecule has 0 spiro atoms. The van der Waals surface area contributed by atoms with Crippen LogP contribution < -0.4 is 10.5 Å². The number of sulfonamides is 1. The molecule has 131 heavy (non-hydrogen) atoms. The summed E-state index contributed by atoms with van der Waals surface area (Å²) in [4.78, 5) is 101. The topological polar surface area (TPSA) is 494 Å². The first-order chi connectivity index (χ1) is 62.7. The van der Waals surface area contributed by atoms with Crippen molar-refractivity contribution < 1.29 is 87.4 Å². The second kappa shape index (κ2) is 39.8. The van der Waals surface area contributed by atoms with E-state index < -0.39 is 33.9 Å². The Balaban J connectivity index is 0.000000149. The number of carbonyl (C=O) groups excluding carboxylic acids is 4. The average Bonchev–Trinajstić information content (AvgIpc) is 0.800. The van der Waals surface area contributed by atoms with Crippen LogP contribution in [0.2, 0.25) is 0 Å². The Labute approximate surface area is 749 Å². The van der Waals surface area contributed by atoms with Crippen LogP contribution in [-0.4, -0.2) is 168 Å². The number of ether oxygens (including phenoxy) is 4. The van der Waals surface area contributed by atoms with E-state index in [0.29, 0.717) is 107 Å². The van der Waals surface area contributed by atoms with Crippen LogP contribution in [-0.2, 0) is 34.4 Å². The van der Waals surface area contributed by atoms with E-state index in [9.17, 15) is 68.4 Å². The zero-order chi connectivity index (χ0) is 93.5. The molecule has 32 nitrogen and oxygen atoms in total. The molecule has 0 fully saturated rings. The van der Waals surface area contributed by atoms with Crippen molar-refractivity contribution in [3.8, 4) is 183 Å². The Bertz CT molecular complexity index is 6910. The maximum Gasteiger partial charge on any atom is 0.337 e. The highest BCUT2D eigenvalue weighted by Gasteiger charge is 2.25. The van der Waals surface area contributed by atoms with E-state index in [2.05, 4.69) is 85.3 Å². The molecule has 4 heterocycles. The second-order valence-electron chi connectivity index (χ2n) is 30.0. The molecular weight excluding hydrogens is 1690 g/mol. The van der Waals surface area contributed by atoms with Crippen molar-refractivity contribution >= 4 is 45.3 Å². The third-order valence-corrected chi connectivity index (χ3v) is 20.3. The Hall–Kier alpha value is -17.5. The number of hydrogen-bond acceptors (Lipinski definition) is 31. The van der Waals surface area contributed by atoms with Crippen LogP contribution in [0.5, 0.6) is 46.0 Å². The van der Waals surface area contributed by atoms with E-state index in [1.807, 2.05) is 19.1 Å². The number of anilines is 2. The van der Waals surface area contributed by atoms with Crippen molar-refractivity contribution in [3.05, 3.63) is 300 Å². The van der Waals surface area contributed by atoms with Crippen LogP contribution in [0.3, 0.4) is 0 Å². The number of nitrogens with one attached hydrogen (secondary N) is 1. The molecule has 11 N–H and O–H groups in total. The van der Waals surface area contributed by atoms with Gasteiger partial charge in [0.2, 0.25) is 10.0 Å². The normalized spacial score (nSPS) is 10.9. The van der Waals surface area contributed by atoms with Crippen molar-refractivity contribution in [1.29, 1.82) is 0 Å². The first-order valence-electron chi connectivity index (χ1n) is 39.7. The smallest absolute Gasteiger partial charge is 0.337 e. The van der Waals surface area contributed by atoms with Gasteiger partial charge in [-0.25, -0.2) is 87.4 Å². The summed E-state index contributed by atoms with van der Waals surface area (Å²) in [6.07, 6.45) is 1.00. The van der Waals surface area contributed by atoms with E-state index in [0.717, 1.165) is 17.4 Å². The van der Waals surface area contributed by atoms with E-state index in [1.165, 1.54) is 64.8 Å². The molecule has 0 aliphatic carbocycles. The molecule has 4 aromatic heterocycles. The first kappa shape index (κ1) is 91.2. The van der Waals surface area contributed by atoms with Crippen LogP contribution in [0.1, 0.15) is 73.3 Å². The molecule has 12 aromatic carbocycles. The van der Waals surface area contributed by atoms with Gasteiger partial charge in [-0.05, 0) is 169 Å². The number of nitrogens with two attached hydrogens (primary N) is 1. The molecule has 33 heteroatoms. The highest BCUT2D eigenvalue weighted by Crippen LogP contribution is 2.41. The number of phenolic OH excluding ortho intramolecular Hbond substituents is 8. The molecule has 16 aromatic rings. The fourth-order valence-corrected chi connectivity index (χ4v) is 13.4. The van der Waals surface area contributed by atoms with Crippen molar-refractivity contribution in [3.63, 3.8) is 0 Å². The summed E-state index contributed by atoms with van der Waals surface area (Å²) >= 11 is 0. The molecule has 0 bridgehead atoms. The summed E-state index contributed by atoms with van der Waals surface area (Å²) in [5.74, 6) is 0.842. The molecule has 0 aliphatic heterocycles. The van der Waals surface area contributed by atoms with Gasteiger partial charge in [-0.3, -0.25) is 4.72 Å². The van der Waals surface area contributed by atoms with Gasteiger partial charge in [0, 0.05) is 40.1 Å². The van der Waals surface area contributed by atoms with Crippen LogP contribution in [0.4, 0.5) is 11.4 Å². The largest absolute Gasteiger partial charge is 0.507 e. The van der Waals surface area contributed by atoms with Gasteiger partial charge in [-0.2, -0.15) is 0 Å². The number of hydrogen-bond donors (Lipinski definition) is 10. The number of phenols is 8. The maximum atomic E-state index is 11.8. The Morgan fingerprint density at radius 2 is 0.527 bits per heavy atom. The van der Waals surface area contributed by atoms with Crippen molar-refractivity contribution in [1.82, 2.24) is 59.8 Å². The number of aromatic hydroxyl groups is 8. The Kier molecular flexibility index (Phi) is 27.7. The summed E-state index contributed by atoms with van der Waals surface area (Å²) in [5.41, 5.74) is 15.1. The monoisotopic (exact) mass is 1770 g/mol. The van der Waals surface area contributed by atoms with E-state index >= 15 is 0 Å². The average molecular weight is 1780 g/mol. The van der Waals surface area contributed by atoms with Gasteiger partial charge < -0.3 is 65.5 Å². The number of methoxy groups -OCH3 is 4. The number of nitrogen functional groups attached to an aromatic ring is 1. The number of para-hydroxylation sites is 4. The maximum absolute atomic E-state index is 11.8. The van der Waals surface area contributed by atoms with Gasteiger partial charge in [-0.1, -0.05) is 130 Å². The molecular formula is C98H82N14O18S. The molecule has 658 valence electrons. The van der Waals surface area contributed by atoms with Crippen LogP contribution in [0.15, 0.2) is 267 Å². The lowest BCUT2D eigenvalue weighted by Crippen LogP contribution is -2.10. The number of aryl methyl sites for hydroxylation is 1. The highest BCUT2D eigenvalue weighted by molar-refractivity contribution is 7.92. The van der Waals surface area contributed by atoms with Gasteiger partial charge in [0.05, 0.1) is 107 Å². The van der Waals surface area contributed by atoms with E-state index in [4.69, 9.17) is 24.7 Å². The van der Waals surface area contributed by atoms with Gasteiger partial charge in [0.1, 0.15) is 46.0 Å². The van der Waals surface area contributed by atoms with Crippen LogP contribution in [0.25, 0.3) is 137 Å². The van der Waals surface area contributed by atoms with Gasteiger partial charge >= 0.3 is 23.9 Å². The summed E-state index contributed by atoms with van der Waals surface area (Å²) in [5, 5.41) is 83.5. The van der Waals surface area contributed by atoms with E-state index in [-0.39, 0.29) is 115 Å². The zero-order valence-corrected chi connectivity index (χ0v) is 72.2. The van der Waals surface area contributed by atoms with Crippen molar-refractivity contribution in [2.75, 3.05) is 45.2 Å². The van der Waals surface area contributed by atoms with Crippen LogP contribution in [0, 0.1) is 6.92 Å². The number of rotatable bonds is 18. The predicted molar refractivity (Wildman–Crippen MR) is 490 cm³/mol. The molecule has 16 rings (SSSR count). The fourth-order valence-electron chi connectivity index (χ4n) is 12.9. The highest BCUT2D eigenvalue weighted by atomic mass is 32.2. The van der Waals surface area contributed by atoms with Crippen LogP contribution >= 0.6 is 0 Å². The minimum Gasteiger partial charge on any atom is -0.507 e. The number of esters is 4. The van der Waals surface area contributed by atoms with E-state index in [1.54, 1.807) is 218 Å². The lowest BCUT2D eigenvalue weighted by atomic mass is 9.86. The summed E-state index contributed by atoms with van der Waals surface area (Å²) < 4.78 is 44.3. The molecule has 0 saturated heterocycles. The third-order valence-electron chi connectivity index (χ3n) is 19.7. The van der Waals surface area contributed by atoms with Gasteiger partial charge in [0.25, 0.3) is 0 Å². The second-order valence-corrected chi connectivity index (χ2v) is 31.7. The number of aromatic nitrogens is 12. The molecule has 0 radical (unpaired) electrons. The summed E-state index contributed by atoms with van der Waals surface area (Å²) in [7, 11) is 1.71. The molecule has 0 aliphatic rings. The molecule has 0 atom stereocenters. The number of nitrogens with zero attached hydrogens (tertiary/aromatic N) is 12. The van der Waals surface area contributed by atoms with Crippen molar-refractivity contribution in [2.24, 2.45) is 0 Å². The van der Waals surface area contributed by atoms with Crippen molar-refractivity contribution in [2.45, 2.75) is 33.1 Å². The molecule has 0 unspecified atom stereocenters. The standard InChI is InChI=1S/C27H25N3O4.C24H20N4O6S.C24H19N3O4.C23H18N4O4/c1-27(2,3)18-13-14-20(22(32)15-18)25-29-23(16-9-11-17(12-10-16)26(33)34-4)28-24(30-25)19-7-5-6-8-21(19)31;1-34-24(31)15-9-7-14(8-10-15)21-25-22(17-5-3-4-6-19(17)29)27-23(26-21)18-12-11-16(13-20(18)30)28-35(2,32)33;1-14-7-12-18(20(29)13-14)23-26-21(15-8-10-16(11-9-15)24(30)31-2)25-22(27-23)17-5-3-4-6-19(17)28;1-31-23(30)14-8-6-13(7-9-14)20-25-21(16-4-2-3-5-18(16)28)27-22(26-20)17-11-10-15(24)12-19(17)29/h5-15,31-32H,1-4H3;3-13,28-30H,1-2H3;3-13,28-29H,1-2H3;2-12,28-29H,24H2,1H3. The Morgan fingerprint density at radius 1 is 0.290 bits per heavy atom. The number of carbonyl (C=O) groups is 4. The first-order valence-corrected chi connectivity index (χ1v) is 41.6. The predicted octanol–water partition coefficient (Wildman–Crippen LogP) is 16.8. The zero-order valence-electron chi connectivity index (χ0n) is 71.4. The lowest BCUT2D eigenvalue weighted by molar-refractivity contribution is 0.0592. The molecule has 0 saturated carbocycles.